The average molecular weight is 419 g/mol. The number of ketones is 2. The van der Waals surface area contributed by atoms with E-state index in [2.05, 4.69) is 5.32 Å². The quantitative estimate of drug-likeness (QED) is 0.432. The lowest BCUT2D eigenvalue weighted by atomic mass is 9.59. The number of carbonyl (C=O) groups is 4. The highest BCUT2D eigenvalue weighted by molar-refractivity contribution is 6.24. The molecule has 2 amide bonds. The topological polar surface area (TPSA) is 110 Å². The van der Waals surface area contributed by atoms with E-state index in [0.717, 1.165) is 5.57 Å². The molecule has 3 aliphatic carbocycles. The van der Waals surface area contributed by atoms with E-state index < -0.39 is 23.7 Å². The van der Waals surface area contributed by atoms with Gasteiger partial charge >= 0.3 is 0 Å². The number of imide groups is 1. The minimum Gasteiger partial charge on any atom is -0.507 e. The van der Waals surface area contributed by atoms with Gasteiger partial charge in [0.25, 0.3) is 0 Å². The van der Waals surface area contributed by atoms with Gasteiger partial charge in [0.2, 0.25) is 11.8 Å². The van der Waals surface area contributed by atoms with Gasteiger partial charge in [0.15, 0.2) is 11.6 Å². The van der Waals surface area contributed by atoms with Gasteiger partial charge in [-0.2, -0.15) is 0 Å². The number of fused-ring (bicyclic) bond motifs is 3. The molecule has 4 atom stereocenters. The predicted octanol–water partition coefficient (Wildman–Crippen LogP) is 2.12. The third-order valence-electron chi connectivity index (χ3n) is 6.96. The van der Waals surface area contributed by atoms with E-state index in [1.165, 1.54) is 19.3 Å². The number of carbonyl (C=O) groups excluding carboxylic acids is 4. The second-order valence-electron chi connectivity index (χ2n) is 8.48. The van der Waals surface area contributed by atoms with E-state index in [-0.39, 0.29) is 35.6 Å². The summed E-state index contributed by atoms with van der Waals surface area (Å²) in [6, 6.07) is 4.84. The normalized spacial score (nSPS) is 29.6. The first-order valence-corrected chi connectivity index (χ1v) is 10.2. The molecule has 0 radical (unpaired) electrons. The van der Waals surface area contributed by atoms with Crippen LogP contribution < -0.4 is 10.1 Å². The highest BCUT2D eigenvalue weighted by Crippen LogP contribution is 2.56. The van der Waals surface area contributed by atoms with Crippen LogP contribution in [0, 0.1) is 17.8 Å². The summed E-state index contributed by atoms with van der Waals surface area (Å²) in [5.41, 5.74) is 2.19. The summed E-state index contributed by atoms with van der Waals surface area (Å²) in [5, 5.41) is 13.2. The maximum atomic E-state index is 13.3. The van der Waals surface area contributed by atoms with Crippen LogP contribution >= 0.6 is 0 Å². The molecule has 7 nitrogen and oxygen atoms in total. The number of ether oxygens (including phenoxy) is 1. The molecule has 1 aliphatic heterocycles. The summed E-state index contributed by atoms with van der Waals surface area (Å²) in [7, 11) is 1.47. The molecule has 1 fully saturated rings. The Balaban J connectivity index is 1.78. The number of aromatic hydroxyl groups is 1. The molecule has 7 heteroatoms. The molecule has 1 saturated heterocycles. The molecule has 2 N–H and O–H groups in total. The smallest absolute Gasteiger partial charge is 0.231 e. The molecule has 158 valence electrons. The van der Waals surface area contributed by atoms with E-state index in [1.54, 1.807) is 19.1 Å². The van der Waals surface area contributed by atoms with Gasteiger partial charge in [-0.3, -0.25) is 24.5 Å². The van der Waals surface area contributed by atoms with Crippen molar-refractivity contribution in [3.63, 3.8) is 0 Å². The van der Waals surface area contributed by atoms with E-state index in [1.807, 2.05) is 6.08 Å². The largest absolute Gasteiger partial charge is 0.507 e. The number of hydrogen-bond acceptors (Lipinski definition) is 6. The number of benzene rings is 1. The Hall–Kier alpha value is -3.48. The zero-order valence-corrected chi connectivity index (χ0v) is 17.1. The third kappa shape index (κ3) is 2.65. The number of Topliss-reactive ketones (excluding diaryl/α,β-unsaturated/α-hetero) is 1. The number of phenols is 1. The second kappa shape index (κ2) is 6.77. The summed E-state index contributed by atoms with van der Waals surface area (Å²) in [6.07, 6.45) is 3.80. The van der Waals surface area contributed by atoms with Gasteiger partial charge in [0, 0.05) is 28.2 Å². The molecular formula is C24H21NO6. The first-order chi connectivity index (χ1) is 14.8. The lowest BCUT2D eigenvalue weighted by Gasteiger charge is -2.42. The maximum Gasteiger partial charge on any atom is 0.231 e. The van der Waals surface area contributed by atoms with Crippen LogP contribution in [-0.4, -0.2) is 35.6 Å². The van der Waals surface area contributed by atoms with Crippen LogP contribution in [0.2, 0.25) is 0 Å². The number of phenolic OH excluding ortho intramolecular Hbond substituents is 1. The van der Waals surface area contributed by atoms with Gasteiger partial charge in [-0.1, -0.05) is 17.7 Å². The summed E-state index contributed by atoms with van der Waals surface area (Å²) in [6.45, 7) is 1.60. The molecule has 1 aromatic rings. The Morgan fingerprint density at radius 2 is 1.87 bits per heavy atom. The molecule has 0 unspecified atom stereocenters. The number of allylic oxidation sites excluding steroid dienone is 6. The highest BCUT2D eigenvalue weighted by atomic mass is 16.5. The molecule has 4 aliphatic rings. The lowest BCUT2D eigenvalue weighted by molar-refractivity contribution is -0.126. The summed E-state index contributed by atoms with van der Waals surface area (Å²) in [5.74, 6) is -3.06. The standard InChI is InChI=1S/C24H21NO6/c1-10-8-16(27)14-9-13-11(6-7-12-18(13)24(30)25-23(12)29)19(20(14)22(10)28)21-15(26)4-3-5-17(21)31-2/h3-6,8,12-13,18-19,26H,7,9H2,1-2H3,(H,25,29,30)/t12-,13+,18-,19-/m0/s1. The molecule has 1 heterocycles. The number of methoxy groups -OCH3 is 1. The minimum absolute atomic E-state index is 0.0562. The molecule has 0 spiro atoms. The summed E-state index contributed by atoms with van der Waals surface area (Å²) >= 11 is 0. The van der Waals surface area contributed by atoms with E-state index in [0.29, 0.717) is 34.5 Å². The second-order valence-corrected chi connectivity index (χ2v) is 8.48. The molecule has 5 rings (SSSR count). The van der Waals surface area contributed by atoms with Gasteiger partial charge in [0.1, 0.15) is 11.5 Å². The molecular weight excluding hydrogens is 398 g/mol. The first-order valence-electron chi connectivity index (χ1n) is 10.2. The van der Waals surface area contributed by atoms with Crippen molar-refractivity contribution in [2.24, 2.45) is 17.8 Å². The van der Waals surface area contributed by atoms with Gasteiger partial charge < -0.3 is 9.84 Å². The van der Waals surface area contributed by atoms with Crippen LogP contribution in [-0.2, 0) is 19.2 Å². The molecule has 0 aromatic heterocycles. The first kappa shape index (κ1) is 19.5. The number of nitrogens with one attached hydrogen (secondary N) is 1. The fourth-order valence-corrected chi connectivity index (χ4v) is 5.60. The van der Waals surface area contributed by atoms with Crippen molar-refractivity contribution in [3.05, 3.63) is 58.2 Å². The van der Waals surface area contributed by atoms with Crippen molar-refractivity contribution in [2.75, 3.05) is 7.11 Å². The molecule has 31 heavy (non-hydrogen) atoms. The Kier molecular flexibility index (Phi) is 4.25. The predicted molar refractivity (Wildman–Crippen MR) is 109 cm³/mol. The van der Waals surface area contributed by atoms with Crippen LogP contribution in [0.3, 0.4) is 0 Å². The van der Waals surface area contributed by atoms with Crippen molar-refractivity contribution in [1.29, 1.82) is 0 Å². The maximum absolute atomic E-state index is 13.3. The van der Waals surface area contributed by atoms with Crippen LogP contribution in [0.4, 0.5) is 0 Å². The minimum atomic E-state index is -0.727. The lowest BCUT2D eigenvalue weighted by Crippen LogP contribution is -2.39. The van der Waals surface area contributed by atoms with Crippen LogP contribution in [0.5, 0.6) is 11.5 Å². The van der Waals surface area contributed by atoms with Crippen molar-refractivity contribution in [2.45, 2.75) is 25.7 Å². The number of amides is 2. The SMILES string of the molecule is COc1cccc(O)c1[C@H]1C2=CC[C@@H]3C(=O)NC(=O)[C@@H]3[C@@H]2CC2=C1C(=O)C(C)=CC2=O. The molecule has 0 bridgehead atoms. The van der Waals surface area contributed by atoms with Crippen molar-refractivity contribution in [1.82, 2.24) is 5.32 Å². The monoisotopic (exact) mass is 419 g/mol. The van der Waals surface area contributed by atoms with Gasteiger partial charge in [0.05, 0.1) is 18.9 Å². The van der Waals surface area contributed by atoms with Crippen molar-refractivity contribution in [3.8, 4) is 11.5 Å². The Morgan fingerprint density at radius 1 is 1.10 bits per heavy atom. The Labute approximate surface area is 178 Å². The van der Waals surface area contributed by atoms with Gasteiger partial charge in [-0.05, 0) is 43.9 Å². The summed E-state index contributed by atoms with van der Waals surface area (Å²) in [4.78, 5) is 51.1. The van der Waals surface area contributed by atoms with Crippen molar-refractivity contribution < 1.29 is 29.0 Å². The molecule has 1 aromatic carbocycles. The number of rotatable bonds is 2. The van der Waals surface area contributed by atoms with Crippen molar-refractivity contribution >= 4 is 23.4 Å². The van der Waals surface area contributed by atoms with E-state index in [4.69, 9.17) is 4.74 Å². The zero-order valence-electron chi connectivity index (χ0n) is 17.1. The fraction of sp³-hybridized carbons (Fsp3) is 0.333. The highest BCUT2D eigenvalue weighted by Gasteiger charge is 2.54. The van der Waals surface area contributed by atoms with Crippen LogP contribution in [0.25, 0.3) is 0 Å². The Morgan fingerprint density at radius 3 is 2.61 bits per heavy atom. The van der Waals surface area contributed by atoms with Crippen LogP contribution in [0.15, 0.2) is 52.6 Å². The zero-order chi connectivity index (χ0) is 22.0. The fourth-order valence-electron chi connectivity index (χ4n) is 5.60. The van der Waals surface area contributed by atoms with E-state index in [9.17, 15) is 24.3 Å². The molecule has 0 saturated carbocycles. The average Bonchev–Trinajstić information content (AvgIpc) is 3.04. The van der Waals surface area contributed by atoms with E-state index >= 15 is 0 Å². The Bertz CT molecular complexity index is 1170. The van der Waals surface area contributed by atoms with Crippen LogP contribution in [0.1, 0.15) is 31.2 Å². The third-order valence-corrected chi connectivity index (χ3v) is 6.96. The number of hydrogen-bond donors (Lipinski definition) is 2. The van der Waals surface area contributed by atoms with Gasteiger partial charge in [-0.15, -0.1) is 0 Å². The summed E-state index contributed by atoms with van der Waals surface area (Å²) < 4.78 is 5.50. The van der Waals surface area contributed by atoms with Gasteiger partial charge in [-0.25, -0.2) is 0 Å².